The number of rotatable bonds is 3. The summed E-state index contributed by atoms with van der Waals surface area (Å²) in [6.07, 6.45) is 2.90. The first kappa shape index (κ1) is 16.8. The van der Waals surface area contributed by atoms with Gasteiger partial charge in [-0.05, 0) is 53.4 Å². The molecule has 1 aliphatic heterocycles. The first-order valence-corrected chi connectivity index (χ1v) is 9.41. The molecule has 1 atom stereocenters. The number of sulfonamides is 1. The fourth-order valence-corrected chi connectivity index (χ4v) is 5.44. The van der Waals surface area contributed by atoms with Gasteiger partial charge in [-0.15, -0.1) is 0 Å². The maximum atomic E-state index is 12.8. The lowest BCUT2D eigenvalue weighted by Crippen LogP contribution is -2.41. The van der Waals surface area contributed by atoms with Crippen molar-refractivity contribution in [1.82, 2.24) is 4.31 Å². The van der Waals surface area contributed by atoms with Gasteiger partial charge in [0.1, 0.15) is 0 Å². The van der Waals surface area contributed by atoms with E-state index in [-0.39, 0.29) is 17.5 Å². The normalized spacial score (nSPS) is 20.0. The Kier molecular flexibility index (Phi) is 5.38. The van der Waals surface area contributed by atoms with E-state index in [9.17, 15) is 13.2 Å². The van der Waals surface area contributed by atoms with Gasteiger partial charge in [0.15, 0.2) is 0 Å². The van der Waals surface area contributed by atoms with E-state index in [0.29, 0.717) is 23.9 Å². The Labute approximate surface area is 140 Å². The van der Waals surface area contributed by atoms with Gasteiger partial charge in [0.05, 0.1) is 10.9 Å². The highest BCUT2D eigenvalue weighted by molar-refractivity contribution is 9.11. The molecule has 21 heavy (non-hydrogen) atoms. The Balaban J connectivity index is 2.38. The molecule has 0 saturated carbocycles. The Morgan fingerprint density at radius 2 is 2.05 bits per heavy atom. The van der Waals surface area contributed by atoms with Crippen molar-refractivity contribution < 1.29 is 13.2 Å². The number of piperidine rings is 1. The third-order valence-corrected chi connectivity index (χ3v) is 7.10. The SMILES string of the molecule is Cc1cc(Br)c(S(=O)(=O)N2CCCC(N=C=O)C2)cc1Br. The molecule has 2 rings (SSSR count). The highest BCUT2D eigenvalue weighted by Crippen LogP contribution is 2.32. The lowest BCUT2D eigenvalue weighted by Gasteiger charge is -2.29. The number of nitrogens with zero attached hydrogens (tertiary/aromatic N) is 2. The van der Waals surface area contributed by atoms with Crippen LogP contribution in [0.5, 0.6) is 0 Å². The van der Waals surface area contributed by atoms with Crippen LogP contribution in [0, 0.1) is 6.92 Å². The summed E-state index contributed by atoms with van der Waals surface area (Å²) < 4.78 is 28.2. The predicted molar refractivity (Wildman–Crippen MR) is 86.5 cm³/mol. The number of isocyanates is 1. The summed E-state index contributed by atoms with van der Waals surface area (Å²) in [6.45, 7) is 2.54. The van der Waals surface area contributed by atoms with E-state index in [0.717, 1.165) is 10.0 Å². The van der Waals surface area contributed by atoms with Crippen molar-refractivity contribution in [1.29, 1.82) is 0 Å². The quantitative estimate of drug-likeness (QED) is 0.539. The molecule has 1 heterocycles. The molecule has 1 aromatic rings. The van der Waals surface area contributed by atoms with Crippen molar-refractivity contribution in [2.75, 3.05) is 13.1 Å². The number of hydrogen-bond donors (Lipinski definition) is 0. The van der Waals surface area contributed by atoms with Gasteiger partial charge in [-0.3, -0.25) is 0 Å². The van der Waals surface area contributed by atoms with Crippen LogP contribution in [-0.2, 0) is 14.8 Å². The molecular formula is C13H14Br2N2O3S. The minimum atomic E-state index is -3.62. The molecule has 0 radical (unpaired) electrons. The van der Waals surface area contributed by atoms with E-state index in [1.807, 2.05) is 6.92 Å². The standard InChI is InChI=1S/C13H14Br2N2O3S/c1-9-5-12(15)13(6-11(9)14)21(19,20)17-4-2-3-10(7-17)16-8-18/h5-6,10H,2-4,7H2,1H3. The molecule has 8 heteroatoms. The molecule has 1 fully saturated rings. The maximum absolute atomic E-state index is 12.8. The van der Waals surface area contributed by atoms with Crippen LogP contribution in [0.3, 0.4) is 0 Å². The van der Waals surface area contributed by atoms with Gasteiger partial charge >= 0.3 is 0 Å². The van der Waals surface area contributed by atoms with Crippen LogP contribution >= 0.6 is 31.9 Å². The molecule has 0 aromatic heterocycles. The van der Waals surface area contributed by atoms with Gasteiger partial charge in [-0.1, -0.05) is 15.9 Å². The first-order chi connectivity index (χ1) is 9.86. The average Bonchev–Trinajstić information content (AvgIpc) is 2.43. The minimum absolute atomic E-state index is 0.218. The first-order valence-electron chi connectivity index (χ1n) is 6.39. The van der Waals surface area contributed by atoms with Crippen LogP contribution in [0.25, 0.3) is 0 Å². The fourth-order valence-electron chi connectivity index (χ4n) is 2.28. The number of halogens is 2. The van der Waals surface area contributed by atoms with Crippen molar-refractivity contribution in [3.05, 3.63) is 26.6 Å². The van der Waals surface area contributed by atoms with Gasteiger partial charge < -0.3 is 0 Å². The van der Waals surface area contributed by atoms with E-state index >= 15 is 0 Å². The summed E-state index contributed by atoms with van der Waals surface area (Å²) in [5.74, 6) is 0. The average molecular weight is 438 g/mol. The summed E-state index contributed by atoms with van der Waals surface area (Å²) in [5.41, 5.74) is 0.947. The second kappa shape index (κ2) is 6.71. The van der Waals surface area contributed by atoms with Crippen LogP contribution in [0.1, 0.15) is 18.4 Å². The van der Waals surface area contributed by atoms with Gasteiger partial charge in [0.25, 0.3) is 0 Å². The van der Waals surface area contributed by atoms with Crippen LogP contribution in [0.4, 0.5) is 0 Å². The molecule has 1 unspecified atom stereocenters. The van der Waals surface area contributed by atoms with Gasteiger partial charge in [0, 0.05) is 22.0 Å². The zero-order chi connectivity index (χ0) is 15.6. The van der Waals surface area contributed by atoms with Crippen molar-refractivity contribution in [2.45, 2.75) is 30.7 Å². The summed E-state index contributed by atoms with van der Waals surface area (Å²) in [5, 5.41) is 0. The third-order valence-electron chi connectivity index (χ3n) is 3.43. The molecule has 0 amide bonds. The highest BCUT2D eigenvalue weighted by Gasteiger charge is 2.31. The predicted octanol–water partition coefficient (Wildman–Crippen LogP) is 3.01. The smallest absolute Gasteiger partial charge is 0.211 e. The van der Waals surface area contributed by atoms with Crippen LogP contribution in [0.15, 0.2) is 31.0 Å². The summed E-state index contributed by atoms with van der Waals surface area (Å²) in [6, 6.07) is 3.06. The second-order valence-electron chi connectivity index (χ2n) is 4.91. The van der Waals surface area contributed by atoms with E-state index < -0.39 is 10.0 Å². The Morgan fingerprint density at radius 1 is 1.33 bits per heavy atom. The van der Waals surface area contributed by atoms with Crippen molar-refractivity contribution in [2.24, 2.45) is 4.99 Å². The van der Waals surface area contributed by atoms with Crippen LogP contribution < -0.4 is 0 Å². The Morgan fingerprint density at radius 3 is 2.71 bits per heavy atom. The van der Waals surface area contributed by atoms with Crippen molar-refractivity contribution >= 4 is 48.0 Å². The number of aryl methyl sites for hydroxylation is 1. The molecule has 5 nitrogen and oxygen atoms in total. The highest BCUT2D eigenvalue weighted by atomic mass is 79.9. The van der Waals surface area contributed by atoms with Gasteiger partial charge in [-0.2, -0.15) is 4.31 Å². The molecule has 1 aliphatic rings. The molecule has 1 aromatic carbocycles. The number of aliphatic imine (C=N–C) groups is 1. The summed E-state index contributed by atoms with van der Waals surface area (Å²) in [7, 11) is -3.62. The molecule has 0 bridgehead atoms. The van der Waals surface area contributed by atoms with Gasteiger partial charge in [0.2, 0.25) is 16.1 Å². The Bertz CT molecular complexity index is 700. The minimum Gasteiger partial charge on any atom is -0.211 e. The second-order valence-corrected chi connectivity index (χ2v) is 8.53. The Hall–Kier alpha value is -0.530. The topological polar surface area (TPSA) is 66.8 Å². The van der Waals surface area contributed by atoms with E-state index in [4.69, 9.17) is 0 Å². The maximum Gasteiger partial charge on any atom is 0.244 e. The van der Waals surface area contributed by atoms with E-state index in [1.165, 1.54) is 10.4 Å². The summed E-state index contributed by atoms with van der Waals surface area (Å²) >= 11 is 6.68. The van der Waals surface area contributed by atoms with Crippen LogP contribution in [0.2, 0.25) is 0 Å². The molecule has 114 valence electrons. The summed E-state index contributed by atoms with van der Waals surface area (Å²) in [4.78, 5) is 14.2. The van der Waals surface area contributed by atoms with E-state index in [2.05, 4.69) is 36.9 Å². The largest absolute Gasteiger partial charge is 0.244 e. The molecular weight excluding hydrogens is 424 g/mol. The molecule has 1 saturated heterocycles. The number of carbonyl (C=O) groups excluding carboxylic acids is 1. The van der Waals surface area contributed by atoms with Gasteiger partial charge in [-0.25, -0.2) is 18.2 Å². The zero-order valence-corrected chi connectivity index (χ0v) is 15.3. The number of benzene rings is 1. The molecule has 0 N–H and O–H groups in total. The number of hydrogen-bond acceptors (Lipinski definition) is 4. The molecule has 0 spiro atoms. The zero-order valence-electron chi connectivity index (χ0n) is 11.3. The molecule has 0 aliphatic carbocycles. The lowest BCUT2D eigenvalue weighted by molar-refractivity contribution is 0.316. The third kappa shape index (κ3) is 3.63. The van der Waals surface area contributed by atoms with Crippen molar-refractivity contribution in [3.8, 4) is 0 Å². The van der Waals surface area contributed by atoms with Crippen molar-refractivity contribution in [3.63, 3.8) is 0 Å². The van der Waals surface area contributed by atoms with Crippen LogP contribution in [-0.4, -0.2) is 37.9 Å². The fraction of sp³-hybridized carbons (Fsp3) is 0.462. The van der Waals surface area contributed by atoms with E-state index in [1.54, 1.807) is 12.1 Å². The lowest BCUT2D eigenvalue weighted by atomic mass is 10.1. The monoisotopic (exact) mass is 436 g/mol.